The molecule has 1 aromatic heterocycles. The highest BCUT2D eigenvalue weighted by Crippen LogP contribution is 2.33. The number of nitrogens with zero attached hydrogens (tertiary/aromatic N) is 3. The fourth-order valence-corrected chi connectivity index (χ4v) is 4.52. The smallest absolute Gasteiger partial charge is 0.308 e. The molecule has 0 saturated carbocycles. The van der Waals surface area contributed by atoms with E-state index in [1.807, 2.05) is 37.4 Å². The number of carbonyl (C=O) groups excluding carboxylic acids is 1. The van der Waals surface area contributed by atoms with Gasteiger partial charge in [-0.1, -0.05) is 13.0 Å². The van der Waals surface area contributed by atoms with Crippen molar-refractivity contribution < 1.29 is 19.4 Å². The minimum absolute atomic E-state index is 0.0571. The number of fused-ring (bicyclic) bond motifs is 1. The highest BCUT2D eigenvalue weighted by atomic mass is 16.5. The molecule has 1 aliphatic heterocycles. The van der Waals surface area contributed by atoms with Crippen molar-refractivity contribution in [1.29, 1.82) is 0 Å². The third-order valence-corrected chi connectivity index (χ3v) is 6.45. The Bertz CT molecular complexity index is 1150. The third kappa shape index (κ3) is 4.67. The summed E-state index contributed by atoms with van der Waals surface area (Å²) in [5, 5.41) is 10.4. The quantitative estimate of drug-likeness (QED) is 0.561. The van der Waals surface area contributed by atoms with Crippen LogP contribution in [0.1, 0.15) is 19.8 Å². The van der Waals surface area contributed by atoms with Gasteiger partial charge in [-0.3, -0.25) is 9.59 Å². The first kappa shape index (κ1) is 22.7. The van der Waals surface area contributed by atoms with Crippen LogP contribution in [0.5, 0.6) is 5.75 Å². The highest BCUT2D eigenvalue weighted by Gasteiger charge is 2.28. The van der Waals surface area contributed by atoms with Gasteiger partial charge in [0.15, 0.2) is 0 Å². The molecule has 7 nitrogen and oxygen atoms in total. The van der Waals surface area contributed by atoms with Gasteiger partial charge in [-0.05, 0) is 60.9 Å². The van der Waals surface area contributed by atoms with Crippen molar-refractivity contribution in [2.24, 2.45) is 5.92 Å². The fourth-order valence-electron chi connectivity index (χ4n) is 4.52. The number of ether oxygens (including phenoxy) is 1. The topological polar surface area (TPSA) is 75.0 Å². The van der Waals surface area contributed by atoms with Crippen molar-refractivity contribution in [2.75, 3.05) is 38.7 Å². The van der Waals surface area contributed by atoms with Gasteiger partial charge in [0.2, 0.25) is 5.91 Å². The van der Waals surface area contributed by atoms with E-state index in [9.17, 15) is 14.7 Å². The summed E-state index contributed by atoms with van der Waals surface area (Å²) in [6, 6.07) is 16.1. The molecule has 1 fully saturated rings. The van der Waals surface area contributed by atoms with Crippen molar-refractivity contribution in [1.82, 2.24) is 9.47 Å². The summed E-state index contributed by atoms with van der Waals surface area (Å²) in [6.07, 6.45) is 1.55. The summed E-state index contributed by atoms with van der Waals surface area (Å²) >= 11 is 0. The Balaban J connectivity index is 1.75. The average Bonchev–Trinajstić information content (AvgIpc) is 3.45. The van der Waals surface area contributed by atoms with Gasteiger partial charge in [0, 0.05) is 43.4 Å². The van der Waals surface area contributed by atoms with Gasteiger partial charge in [0.25, 0.3) is 0 Å². The van der Waals surface area contributed by atoms with E-state index in [1.165, 1.54) is 0 Å². The van der Waals surface area contributed by atoms with Crippen molar-refractivity contribution in [3.63, 3.8) is 0 Å². The van der Waals surface area contributed by atoms with Gasteiger partial charge < -0.3 is 24.2 Å². The number of hydrogen-bond donors (Lipinski definition) is 1. The lowest BCUT2D eigenvalue weighted by atomic mass is 10.1. The molecule has 0 spiro atoms. The monoisotopic (exact) mass is 449 g/mol. The Hall–Kier alpha value is -3.48. The van der Waals surface area contributed by atoms with Crippen molar-refractivity contribution in [3.05, 3.63) is 48.5 Å². The predicted molar refractivity (Wildman–Crippen MR) is 130 cm³/mol. The number of methoxy groups -OCH3 is 1. The molecule has 1 atom stereocenters. The van der Waals surface area contributed by atoms with Crippen LogP contribution in [-0.4, -0.2) is 60.2 Å². The normalized spacial score (nSPS) is 15.7. The lowest BCUT2D eigenvalue weighted by molar-refractivity contribution is -0.141. The summed E-state index contributed by atoms with van der Waals surface area (Å²) in [5.74, 6) is -0.244. The number of carboxylic acid groups (broad SMARTS) is 1. The number of likely N-dealkylation sites (N-methyl/N-ethyl adjacent to an activating group) is 1. The molecular formula is C26H31N3O4. The zero-order valence-electron chi connectivity index (χ0n) is 19.5. The number of carboxylic acids is 1. The maximum absolute atomic E-state index is 13.0. The van der Waals surface area contributed by atoms with Crippen molar-refractivity contribution >= 4 is 28.5 Å². The third-order valence-electron chi connectivity index (χ3n) is 6.45. The lowest BCUT2D eigenvalue weighted by Gasteiger charge is -2.20. The van der Waals surface area contributed by atoms with Crippen molar-refractivity contribution in [3.8, 4) is 17.0 Å². The first-order chi connectivity index (χ1) is 15.9. The summed E-state index contributed by atoms with van der Waals surface area (Å²) in [4.78, 5) is 28.3. The van der Waals surface area contributed by atoms with Crippen LogP contribution in [-0.2, 0) is 16.1 Å². The molecule has 0 bridgehead atoms. The molecule has 174 valence electrons. The van der Waals surface area contributed by atoms with Gasteiger partial charge in [-0.2, -0.15) is 0 Å². The maximum atomic E-state index is 13.0. The van der Waals surface area contributed by atoms with E-state index in [2.05, 4.69) is 34.6 Å². The number of carbonyl (C=O) groups is 2. The number of hydrogen-bond acceptors (Lipinski definition) is 4. The highest BCUT2D eigenvalue weighted by molar-refractivity contribution is 5.91. The van der Waals surface area contributed by atoms with Crippen LogP contribution >= 0.6 is 0 Å². The molecule has 7 heteroatoms. The molecule has 3 aromatic rings. The number of aliphatic carboxylic acids is 1. The first-order valence-electron chi connectivity index (χ1n) is 11.4. The molecule has 0 radical (unpaired) electrons. The molecule has 1 amide bonds. The van der Waals surface area contributed by atoms with Gasteiger partial charge in [-0.25, -0.2) is 0 Å². The second kappa shape index (κ2) is 9.57. The SMILES string of the molecule is CCCN(C)C(=O)Cn1c(-c2ccc(OC)cc2)cc2ccc(N3CCC(C(=O)O)C3)cc21. The van der Waals surface area contributed by atoms with Crippen LogP contribution < -0.4 is 9.64 Å². The Kier molecular flexibility index (Phi) is 6.58. The van der Waals surface area contributed by atoms with E-state index in [-0.39, 0.29) is 18.4 Å². The van der Waals surface area contributed by atoms with Gasteiger partial charge >= 0.3 is 5.97 Å². The molecule has 33 heavy (non-hydrogen) atoms. The van der Waals surface area contributed by atoms with E-state index in [4.69, 9.17) is 4.74 Å². The number of amides is 1. The van der Waals surface area contributed by atoms with Gasteiger partial charge in [-0.15, -0.1) is 0 Å². The van der Waals surface area contributed by atoms with E-state index in [0.29, 0.717) is 26.1 Å². The fraction of sp³-hybridized carbons (Fsp3) is 0.385. The summed E-state index contributed by atoms with van der Waals surface area (Å²) < 4.78 is 7.37. The maximum Gasteiger partial charge on any atom is 0.308 e. The Morgan fingerprint density at radius 3 is 2.55 bits per heavy atom. The minimum atomic E-state index is -0.742. The van der Waals surface area contributed by atoms with Crippen molar-refractivity contribution in [2.45, 2.75) is 26.3 Å². The van der Waals surface area contributed by atoms with Crippen LogP contribution in [0, 0.1) is 5.92 Å². The average molecular weight is 450 g/mol. The Labute approximate surface area is 194 Å². The largest absolute Gasteiger partial charge is 0.497 e. The number of anilines is 1. The van der Waals surface area contributed by atoms with Crippen LogP contribution in [0.25, 0.3) is 22.2 Å². The van der Waals surface area contributed by atoms with E-state index in [0.717, 1.165) is 40.0 Å². The molecule has 0 aliphatic carbocycles. The van der Waals surface area contributed by atoms with E-state index in [1.54, 1.807) is 12.0 Å². The Morgan fingerprint density at radius 2 is 1.91 bits per heavy atom. The van der Waals surface area contributed by atoms with Crippen LogP contribution in [0.4, 0.5) is 5.69 Å². The van der Waals surface area contributed by atoms with Crippen LogP contribution in [0.2, 0.25) is 0 Å². The summed E-state index contributed by atoms with van der Waals surface area (Å²) in [7, 11) is 3.48. The zero-order valence-corrected chi connectivity index (χ0v) is 19.5. The summed E-state index contributed by atoms with van der Waals surface area (Å²) in [6.45, 7) is 4.23. The molecule has 1 aliphatic rings. The molecule has 2 aromatic carbocycles. The molecule has 1 N–H and O–H groups in total. The predicted octanol–water partition coefficient (Wildman–Crippen LogP) is 4.10. The number of rotatable bonds is 8. The number of aromatic nitrogens is 1. The zero-order chi connectivity index (χ0) is 23.5. The molecule has 1 unspecified atom stereocenters. The lowest BCUT2D eigenvalue weighted by Crippen LogP contribution is -2.31. The van der Waals surface area contributed by atoms with Gasteiger partial charge in [0.1, 0.15) is 12.3 Å². The minimum Gasteiger partial charge on any atom is -0.497 e. The second-order valence-corrected chi connectivity index (χ2v) is 8.67. The first-order valence-corrected chi connectivity index (χ1v) is 11.4. The van der Waals surface area contributed by atoms with Crippen LogP contribution in [0.15, 0.2) is 48.5 Å². The van der Waals surface area contributed by atoms with E-state index >= 15 is 0 Å². The second-order valence-electron chi connectivity index (χ2n) is 8.67. The van der Waals surface area contributed by atoms with Crippen LogP contribution in [0.3, 0.4) is 0 Å². The molecule has 1 saturated heterocycles. The standard InChI is InChI=1S/C26H31N3O4/c1-4-12-27(2)25(30)17-29-23(18-6-9-22(33-3)10-7-18)14-19-5-8-21(15-24(19)29)28-13-11-20(16-28)26(31)32/h5-10,14-15,20H,4,11-13,16-17H2,1-3H3,(H,31,32). The Morgan fingerprint density at radius 1 is 1.15 bits per heavy atom. The summed E-state index contributed by atoms with van der Waals surface area (Å²) in [5.41, 5.74) is 3.93. The molecular weight excluding hydrogens is 418 g/mol. The molecule has 2 heterocycles. The number of benzene rings is 2. The molecule has 4 rings (SSSR count). The van der Waals surface area contributed by atoms with Gasteiger partial charge in [0.05, 0.1) is 18.5 Å². The van der Waals surface area contributed by atoms with E-state index < -0.39 is 5.97 Å².